The predicted molar refractivity (Wildman–Crippen MR) is 70.8 cm³/mol. The smallest absolute Gasteiger partial charge is 0.169 e. The van der Waals surface area contributed by atoms with Crippen molar-refractivity contribution in [3.63, 3.8) is 0 Å². The van der Waals surface area contributed by atoms with Crippen molar-refractivity contribution in [2.75, 3.05) is 13.2 Å². The highest BCUT2D eigenvalue weighted by molar-refractivity contribution is 6.32. The molecule has 0 unspecified atom stereocenters. The molecular formula is C14H17ClO3. The van der Waals surface area contributed by atoms with E-state index in [4.69, 9.17) is 21.1 Å². The van der Waals surface area contributed by atoms with Gasteiger partial charge in [0, 0.05) is 12.0 Å². The molecule has 1 aliphatic rings. The average molecular weight is 269 g/mol. The van der Waals surface area contributed by atoms with Crippen LogP contribution in [0.1, 0.15) is 37.0 Å². The first kappa shape index (κ1) is 13.2. The Kier molecular flexibility index (Phi) is 4.12. The van der Waals surface area contributed by atoms with Gasteiger partial charge in [0.15, 0.2) is 5.78 Å². The minimum atomic E-state index is 0.128. The van der Waals surface area contributed by atoms with Crippen molar-refractivity contribution in [3.05, 3.63) is 22.7 Å². The molecule has 0 spiro atoms. The first-order valence-electron chi connectivity index (χ1n) is 6.30. The Balaban J connectivity index is 2.36. The van der Waals surface area contributed by atoms with E-state index in [1.807, 2.05) is 13.8 Å². The number of Topliss-reactive ketones (excluding diaryl/α,β-unsaturated/α-hetero) is 1. The van der Waals surface area contributed by atoms with Crippen LogP contribution in [-0.2, 0) is 0 Å². The van der Waals surface area contributed by atoms with Gasteiger partial charge >= 0.3 is 0 Å². The second-order valence-electron chi connectivity index (χ2n) is 4.28. The zero-order chi connectivity index (χ0) is 13.1. The SMILES string of the molecule is CCOc1cc(OCC)c(C(=O)C2CC2)cc1Cl. The molecule has 1 fully saturated rings. The van der Waals surface area contributed by atoms with Crippen LogP contribution in [0.3, 0.4) is 0 Å². The van der Waals surface area contributed by atoms with Crippen LogP contribution in [0.25, 0.3) is 0 Å². The van der Waals surface area contributed by atoms with Crippen molar-refractivity contribution in [2.45, 2.75) is 26.7 Å². The molecule has 98 valence electrons. The standard InChI is InChI=1S/C14H17ClO3/c1-3-17-12-8-13(18-4-2)11(15)7-10(12)14(16)9-5-6-9/h7-9H,3-6H2,1-2H3. The number of rotatable bonds is 6. The highest BCUT2D eigenvalue weighted by atomic mass is 35.5. The number of hydrogen-bond donors (Lipinski definition) is 0. The number of ketones is 1. The molecule has 0 aliphatic heterocycles. The predicted octanol–water partition coefficient (Wildman–Crippen LogP) is 3.73. The van der Waals surface area contributed by atoms with E-state index in [0.717, 1.165) is 12.8 Å². The highest BCUT2D eigenvalue weighted by Gasteiger charge is 2.32. The van der Waals surface area contributed by atoms with Gasteiger partial charge in [0.1, 0.15) is 11.5 Å². The molecule has 1 saturated carbocycles. The van der Waals surface area contributed by atoms with Gasteiger partial charge in [0.05, 0.1) is 23.8 Å². The first-order valence-corrected chi connectivity index (χ1v) is 6.68. The Bertz CT molecular complexity index is 453. The lowest BCUT2D eigenvalue weighted by molar-refractivity contribution is 0.0964. The fraction of sp³-hybridized carbons (Fsp3) is 0.500. The van der Waals surface area contributed by atoms with E-state index in [0.29, 0.717) is 35.3 Å². The second-order valence-corrected chi connectivity index (χ2v) is 4.69. The molecule has 0 saturated heterocycles. The summed E-state index contributed by atoms with van der Waals surface area (Å²) in [5, 5.41) is 0.462. The molecular weight excluding hydrogens is 252 g/mol. The molecule has 18 heavy (non-hydrogen) atoms. The molecule has 0 atom stereocenters. The van der Waals surface area contributed by atoms with Crippen molar-refractivity contribution in [2.24, 2.45) is 5.92 Å². The summed E-state index contributed by atoms with van der Waals surface area (Å²) < 4.78 is 10.9. The molecule has 0 amide bonds. The maximum absolute atomic E-state index is 12.1. The van der Waals surface area contributed by atoms with Gasteiger partial charge in [0.25, 0.3) is 0 Å². The van der Waals surface area contributed by atoms with Crippen LogP contribution in [0, 0.1) is 5.92 Å². The van der Waals surface area contributed by atoms with E-state index < -0.39 is 0 Å². The third kappa shape index (κ3) is 2.78. The Morgan fingerprint density at radius 2 is 1.83 bits per heavy atom. The zero-order valence-electron chi connectivity index (χ0n) is 10.7. The van der Waals surface area contributed by atoms with Gasteiger partial charge in [-0.25, -0.2) is 0 Å². The Labute approximate surface area is 112 Å². The van der Waals surface area contributed by atoms with E-state index in [1.165, 1.54) is 0 Å². The first-order chi connectivity index (χ1) is 8.67. The summed E-state index contributed by atoms with van der Waals surface area (Å²) in [6, 6.07) is 3.38. The normalized spacial score (nSPS) is 14.4. The fourth-order valence-electron chi connectivity index (χ4n) is 1.83. The summed E-state index contributed by atoms with van der Waals surface area (Å²) in [4.78, 5) is 12.1. The molecule has 3 nitrogen and oxygen atoms in total. The van der Waals surface area contributed by atoms with Crippen LogP contribution < -0.4 is 9.47 Å². The van der Waals surface area contributed by atoms with Crippen LogP contribution in [0.4, 0.5) is 0 Å². The number of benzene rings is 1. The topological polar surface area (TPSA) is 35.5 Å². The molecule has 0 bridgehead atoms. The number of ether oxygens (including phenoxy) is 2. The minimum absolute atomic E-state index is 0.128. The Morgan fingerprint density at radius 3 is 2.39 bits per heavy atom. The van der Waals surface area contributed by atoms with E-state index in [-0.39, 0.29) is 11.7 Å². The molecule has 2 rings (SSSR count). The van der Waals surface area contributed by atoms with Crippen LogP contribution in [0.15, 0.2) is 12.1 Å². The zero-order valence-corrected chi connectivity index (χ0v) is 11.4. The van der Waals surface area contributed by atoms with Gasteiger partial charge in [-0.15, -0.1) is 0 Å². The van der Waals surface area contributed by atoms with Crippen molar-refractivity contribution < 1.29 is 14.3 Å². The van der Waals surface area contributed by atoms with Crippen molar-refractivity contribution in [3.8, 4) is 11.5 Å². The number of carbonyl (C=O) groups excluding carboxylic acids is 1. The molecule has 1 aromatic rings. The summed E-state index contributed by atoms with van der Waals surface area (Å²) in [5.41, 5.74) is 0.577. The fourth-order valence-corrected chi connectivity index (χ4v) is 2.05. The average Bonchev–Trinajstić information content (AvgIpc) is 3.17. The summed E-state index contributed by atoms with van der Waals surface area (Å²) in [7, 11) is 0. The van der Waals surface area contributed by atoms with Gasteiger partial charge in [-0.3, -0.25) is 4.79 Å². The van der Waals surface area contributed by atoms with Crippen molar-refractivity contribution in [1.29, 1.82) is 0 Å². The summed E-state index contributed by atoms with van der Waals surface area (Å²) >= 11 is 6.12. The lowest BCUT2D eigenvalue weighted by Gasteiger charge is -2.13. The molecule has 0 heterocycles. The lowest BCUT2D eigenvalue weighted by atomic mass is 10.1. The molecule has 0 aromatic heterocycles. The van der Waals surface area contributed by atoms with Gasteiger partial charge in [-0.2, -0.15) is 0 Å². The molecule has 1 aromatic carbocycles. The minimum Gasteiger partial charge on any atom is -0.493 e. The Morgan fingerprint density at radius 1 is 1.22 bits per heavy atom. The number of hydrogen-bond acceptors (Lipinski definition) is 3. The van der Waals surface area contributed by atoms with Crippen molar-refractivity contribution >= 4 is 17.4 Å². The van der Waals surface area contributed by atoms with Crippen LogP contribution in [0.2, 0.25) is 5.02 Å². The molecule has 1 aliphatic carbocycles. The van der Waals surface area contributed by atoms with Crippen LogP contribution in [-0.4, -0.2) is 19.0 Å². The van der Waals surface area contributed by atoms with E-state index in [2.05, 4.69) is 0 Å². The van der Waals surface area contributed by atoms with Crippen LogP contribution >= 0.6 is 11.6 Å². The van der Waals surface area contributed by atoms with Gasteiger partial charge < -0.3 is 9.47 Å². The third-order valence-corrected chi connectivity index (χ3v) is 3.14. The van der Waals surface area contributed by atoms with Gasteiger partial charge in [0.2, 0.25) is 0 Å². The summed E-state index contributed by atoms with van der Waals surface area (Å²) in [5.74, 6) is 1.42. The van der Waals surface area contributed by atoms with Crippen molar-refractivity contribution in [1.82, 2.24) is 0 Å². The highest BCUT2D eigenvalue weighted by Crippen LogP contribution is 2.39. The molecule has 0 radical (unpaired) electrons. The Hall–Kier alpha value is -1.22. The van der Waals surface area contributed by atoms with E-state index in [1.54, 1.807) is 12.1 Å². The second kappa shape index (κ2) is 5.61. The van der Waals surface area contributed by atoms with E-state index in [9.17, 15) is 4.79 Å². The third-order valence-electron chi connectivity index (χ3n) is 2.85. The maximum atomic E-state index is 12.1. The number of carbonyl (C=O) groups is 1. The van der Waals surface area contributed by atoms with Gasteiger partial charge in [-0.1, -0.05) is 11.6 Å². The summed E-state index contributed by atoms with van der Waals surface area (Å²) in [6.45, 7) is 4.82. The molecule has 4 heteroatoms. The molecule has 0 N–H and O–H groups in total. The monoisotopic (exact) mass is 268 g/mol. The largest absolute Gasteiger partial charge is 0.493 e. The van der Waals surface area contributed by atoms with E-state index >= 15 is 0 Å². The maximum Gasteiger partial charge on any atom is 0.169 e. The van der Waals surface area contributed by atoms with Crippen LogP contribution in [0.5, 0.6) is 11.5 Å². The lowest BCUT2D eigenvalue weighted by Crippen LogP contribution is -2.06. The quantitative estimate of drug-likeness (QED) is 0.738. The number of halogens is 1. The summed E-state index contributed by atoms with van der Waals surface area (Å²) in [6.07, 6.45) is 1.93. The van der Waals surface area contributed by atoms with Gasteiger partial charge in [-0.05, 0) is 32.8 Å².